The number of carbonyl (C=O) groups excluding carboxylic acids is 3. The van der Waals surface area contributed by atoms with Gasteiger partial charge in [-0.1, -0.05) is 82.7 Å². The molecule has 2 aliphatic heterocycles. The lowest BCUT2D eigenvalue weighted by Crippen LogP contribution is -2.73. The Bertz CT molecular complexity index is 1600. The minimum atomic E-state index is -1.31. The van der Waals surface area contributed by atoms with Gasteiger partial charge in [-0.15, -0.1) is 22.0 Å². The van der Waals surface area contributed by atoms with Crippen LogP contribution in [-0.4, -0.2) is 78.3 Å². The maximum atomic E-state index is 13.8. The molecule has 0 aliphatic carbocycles. The molecule has 2 aliphatic rings. The van der Waals surface area contributed by atoms with E-state index in [0.717, 1.165) is 14.8 Å². The number of imide groups is 1. The smallest absolute Gasteiger partial charge is 0.352 e. The van der Waals surface area contributed by atoms with E-state index in [9.17, 15) is 24.3 Å². The van der Waals surface area contributed by atoms with Crippen LogP contribution in [0.5, 0.6) is 5.75 Å². The van der Waals surface area contributed by atoms with Gasteiger partial charge in [0.1, 0.15) is 28.2 Å². The van der Waals surface area contributed by atoms with Crippen molar-refractivity contribution in [2.24, 2.45) is 5.73 Å². The molecule has 1 aromatic heterocycles. The Morgan fingerprint density at radius 2 is 1.86 bits per heavy atom. The number of aromatic nitrogens is 2. The molecule has 0 bridgehead atoms. The molecule has 0 radical (unpaired) electrons. The average Bonchev–Trinajstić information content (AvgIpc) is 3.42. The van der Waals surface area contributed by atoms with E-state index < -0.39 is 47.8 Å². The first-order valence-corrected chi connectivity index (χ1v) is 16.2. The lowest BCUT2D eigenvalue weighted by molar-refractivity contribution is -0.167. The maximum absolute atomic E-state index is 13.8. The van der Waals surface area contributed by atoms with Crippen LogP contribution in [-0.2, 0) is 19.2 Å². The van der Waals surface area contributed by atoms with Crippen molar-refractivity contribution in [2.75, 3.05) is 18.1 Å². The Kier molecular flexibility index (Phi) is 9.63. The molecule has 3 aromatic rings. The molecule has 1 unspecified atom stereocenters. The van der Waals surface area contributed by atoms with Gasteiger partial charge in [0.25, 0.3) is 17.7 Å². The van der Waals surface area contributed by atoms with Crippen molar-refractivity contribution < 1.29 is 29.0 Å². The quantitative estimate of drug-likeness (QED) is 0.236. The average molecular weight is 681 g/mol. The third-order valence-corrected chi connectivity index (χ3v) is 10.5. The van der Waals surface area contributed by atoms with E-state index in [1.165, 1.54) is 47.0 Å². The van der Waals surface area contributed by atoms with E-state index in [2.05, 4.69) is 10.2 Å². The largest absolute Gasteiger partial charge is 0.481 e. The minimum absolute atomic E-state index is 0.0383. The van der Waals surface area contributed by atoms with Crippen molar-refractivity contribution in [3.8, 4) is 5.75 Å². The molecule has 3 atom stereocenters. The lowest BCUT2D eigenvalue weighted by Gasteiger charge is -2.52. The van der Waals surface area contributed by atoms with Gasteiger partial charge in [-0.25, -0.2) is 4.79 Å². The summed E-state index contributed by atoms with van der Waals surface area (Å²) in [7, 11) is 0. The molecule has 224 valence electrons. The SMILES string of the molecule is Cc1nnc(SCC2=C(C(=O)O)N3C(=O)C(N(C(=O)COc4c(Cl)cccc4Cl)C(=O)[C@H](N)c4ccccc4)[C@H]3SC2)s1. The summed E-state index contributed by atoms with van der Waals surface area (Å²) < 4.78 is 6.26. The number of carboxylic acid groups (broad SMARTS) is 1. The first kappa shape index (κ1) is 31.3. The van der Waals surface area contributed by atoms with Gasteiger partial charge in [-0.05, 0) is 30.2 Å². The lowest BCUT2D eigenvalue weighted by atomic mass is 9.99. The number of carbonyl (C=O) groups is 4. The Morgan fingerprint density at radius 3 is 2.49 bits per heavy atom. The molecule has 0 spiro atoms. The molecule has 16 heteroatoms. The Labute approximate surface area is 268 Å². The number of thioether (sulfide) groups is 2. The highest BCUT2D eigenvalue weighted by atomic mass is 35.5. The number of aryl methyl sites for hydroxylation is 1. The van der Waals surface area contributed by atoms with Gasteiger partial charge >= 0.3 is 5.97 Å². The number of carboxylic acids is 1. The molecule has 3 amide bonds. The molecule has 0 saturated carbocycles. The van der Waals surface area contributed by atoms with E-state index in [0.29, 0.717) is 15.5 Å². The summed E-state index contributed by atoms with van der Waals surface area (Å²) in [5, 5.41) is 18.3. The molecule has 1 saturated heterocycles. The van der Waals surface area contributed by atoms with E-state index in [-0.39, 0.29) is 33.0 Å². The molecule has 11 nitrogen and oxygen atoms in total. The number of aliphatic carboxylic acids is 1. The summed E-state index contributed by atoms with van der Waals surface area (Å²) in [6.07, 6.45) is 0. The molecule has 2 aromatic carbocycles. The summed E-state index contributed by atoms with van der Waals surface area (Å²) in [5.74, 6) is -3.14. The van der Waals surface area contributed by atoms with Gasteiger partial charge in [0.2, 0.25) is 0 Å². The van der Waals surface area contributed by atoms with Crippen LogP contribution in [0.15, 0.2) is 64.1 Å². The third-order valence-electron chi connectivity index (χ3n) is 6.57. The van der Waals surface area contributed by atoms with E-state index >= 15 is 0 Å². The number of benzene rings is 2. The fraction of sp³-hybridized carbons (Fsp3) is 0.259. The highest BCUT2D eigenvalue weighted by molar-refractivity contribution is 8.01. The second-order valence-corrected chi connectivity index (χ2v) is 13.6. The molecular formula is C27H23Cl2N5O6S3. The topological polar surface area (TPSA) is 156 Å². The van der Waals surface area contributed by atoms with Crippen LogP contribution < -0.4 is 10.5 Å². The van der Waals surface area contributed by atoms with Crippen LogP contribution in [0.1, 0.15) is 16.6 Å². The van der Waals surface area contributed by atoms with Crippen LogP contribution in [0.3, 0.4) is 0 Å². The summed E-state index contributed by atoms with van der Waals surface area (Å²) in [4.78, 5) is 55.3. The summed E-state index contributed by atoms with van der Waals surface area (Å²) in [6, 6.07) is 10.5. The van der Waals surface area contributed by atoms with Crippen molar-refractivity contribution in [3.63, 3.8) is 0 Å². The van der Waals surface area contributed by atoms with Crippen LogP contribution in [0, 0.1) is 6.92 Å². The fourth-order valence-electron chi connectivity index (χ4n) is 4.56. The number of β-lactam (4-membered cyclic amide) rings is 1. The number of para-hydroxylation sites is 1. The fourth-order valence-corrected chi connectivity index (χ4v) is 8.41. The van der Waals surface area contributed by atoms with Gasteiger partial charge in [0, 0.05) is 11.5 Å². The number of nitrogens with two attached hydrogens (primary N) is 1. The van der Waals surface area contributed by atoms with Gasteiger partial charge in [-0.3, -0.25) is 24.2 Å². The van der Waals surface area contributed by atoms with Gasteiger partial charge in [-0.2, -0.15) is 0 Å². The van der Waals surface area contributed by atoms with Crippen molar-refractivity contribution in [2.45, 2.75) is 28.7 Å². The number of hydrogen-bond donors (Lipinski definition) is 2. The summed E-state index contributed by atoms with van der Waals surface area (Å²) in [6.45, 7) is 1.14. The predicted octanol–water partition coefficient (Wildman–Crippen LogP) is 4.00. The van der Waals surface area contributed by atoms with Gasteiger partial charge in [0.15, 0.2) is 16.7 Å². The first-order chi connectivity index (χ1) is 20.6. The van der Waals surface area contributed by atoms with E-state index in [4.69, 9.17) is 33.7 Å². The van der Waals surface area contributed by atoms with Crippen LogP contribution in [0.25, 0.3) is 0 Å². The number of ether oxygens (including phenoxy) is 1. The van der Waals surface area contributed by atoms with Crippen molar-refractivity contribution >= 4 is 81.8 Å². The Balaban J connectivity index is 1.42. The zero-order valence-electron chi connectivity index (χ0n) is 22.3. The Morgan fingerprint density at radius 1 is 1.16 bits per heavy atom. The number of fused-ring (bicyclic) bond motifs is 1. The van der Waals surface area contributed by atoms with E-state index in [1.807, 2.05) is 6.92 Å². The maximum Gasteiger partial charge on any atom is 0.352 e. The molecule has 1 fully saturated rings. The van der Waals surface area contributed by atoms with Gasteiger partial charge < -0.3 is 15.6 Å². The number of nitrogens with zero attached hydrogens (tertiary/aromatic N) is 4. The number of amides is 3. The van der Waals surface area contributed by atoms with Crippen molar-refractivity contribution in [1.82, 2.24) is 20.0 Å². The normalized spacial score (nSPS) is 18.5. The van der Waals surface area contributed by atoms with Crippen molar-refractivity contribution in [1.29, 1.82) is 0 Å². The zero-order chi connectivity index (χ0) is 30.8. The number of halogens is 2. The monoisotopic (exact) mass is 679 g/mol. The van der Waals surface area contributed by atoms with Crippen molar-refractivity contribution in [3.05, 3.63) is 80.4 Å². The first-order valence-electron chi connectivity index (χ1n) is 12.6. The molecule has 3 N–H and O–H groups in total. The highest BCUT2D eigenvalue weighted by Crippen LogP contribution is 2.44. The Hall–Kier alpha value is -3.14. The molecule has 5 rings (SSSR count). The molecular weight excluding hydrogens is 657 g/mol. The highest BCUT2D eigenvalue weighted by Gasteiger charge is 2.58. The standard InChI is InChI=1S/C27H23Cl2N5O6S3/c1-13-31-32-27(43-13)42-12-15-11-41-25-21(24(37)34(25)20(15)26(38)39)33(23(36)19(30)14-6-3-2-4-7-14)18(35)10-40-22-16(28)8-5-9-17(22)29/h2-9,19,21,25H,10-12,30H2,1H3,(H,38,39)/t19-,21?,25-/m1/s1. The van der Waals surface area contributed by atoms with Crippen LogP contribution in [0.2, 0.25) is 10.0 Å². The second-order valence-electron chi connectivity index (χ2n) is 9.32. The van der Waals surface area contributed by atoms with Crippen LogP contribution >= 0.6 is 58.1 Å². The summed E-state index contributed by atoms with van der Waals surface area (Å²) >= 11 is 16.3. The molecule has 43 heavy (non-hydrogen) atoms. The second kappa shape index (κ2) is 13.2. The molecule has 3 heterocycles. The van der Waals surface area contributed by atoms with Gasteiger partial charge in [0.05, 0.1) is 10.0 Å². The number of rotatable bonds is 10. The van der Waals surface area contributed by atoms with Crippen LogP contribution in [0.4, 0.5) is 0 Å². The number of hydrogen-bond acceptors (Lipinski definition) is 11. The summed E-state index contributed by atoms with van der Waals surface area (Å²) in [5.41, 5.74) is 7.05. The predicted molar refractivity (Wildman–Crippen MR) is 164 cm³/mol. The minimum Gasteiger partial charge on any atom is -0.481 e. The zero-order valence-corrected chi connectivity index (χ0v) is 26.3. The van der Waals surface area contributed by atoms with E-state index in [1.54, 1.807) is 36.4 Å². The third kappa shape index (κ3) is 6.40.